The summed E-state index contributed by atoms with van der Waals surface area (Å²) in [6.07, 6.45) is 0. The number of hydrogen-bond donors (Lipinski definition) is 2. The maximum Gasteiger partial charge on any atom is 0.258 e. The number of rotatable bonds is 7. The second-order valence-electron chi connectivity index (χ2n) is 6.17. The average Bonchev–Trinajstić information content (AvgIpc) is 2.61. The summed E-state index contributed by atoms with van der Waals surface area (Å²) in [4.78, 5) is 23.7. The lowest BCUT2D eigenvalue weighted by Crippen LogP contribution is -2.37. The highest BCUT2D eigenvalue weighted by Gasteiger charge is 2.12. The van der Waals surface area contributed by atoms with Crippen molar-refractivity contribution in [2.75, 3.05) is 19.7 Å². The molecule has 0 atom stereocenters. The van der Waals surface area contributed by atoms with Crippen molar-refractivity contribution in [3.05, 3.63) is 64.2 Å². The zero-order valence-electron chi connectivity index (χ0n) is 15.5. The molecule has 0 fully saturated rings. The van der Waals surface area contributed by atoms with Crippen LogP contribution in [0.4, 0.5) is 8.78 Å². The fraction of sp³-hybridized carbons (Fsp3) is 0.300. The average molecular weight is 376 g/mol. The number of carbonyl (C=O) groups excluding carboxylic acids is 2. The van der Waals surface area contributed by atoms with Crippen LogP contribution in [0, 0.1) is 32.4 Å². The van der Waals surface area contributed by atoms with E-state index in [1.165, 1.54) is 0 Å². The molecular weight excluding hydrogens is 354 g/mol. The Kier molecular flexibility index (Phi) is 6.87. The zero-order valence-corrected chi connectivity index (χ0v) is 15.5. The number of nitrogens with one attached hydrogen (secondary N) is 2. The predicted octanol–water partition coefficient (Wildman–Crippen LogP) is 2.82. The molecule has 0 spiro atoms. The summed E-state index contributed by atoms with van der Waals surface area (Å²) in [5.41, 5.74) is 2.75. The molecule has 0 unspecified atom stereocenters. The Labute approximate surface area is 156 Å². The summed E-state index contributed by atoms with van der Waals surface area (Å²) in [5, 5.41) is 5.06. The minimum atomic E-state index is -0.936. The van der Waals surface area contributed by atoms with Gasteiger partial charge in [0.15, 0.2) is 6.61 Å². The minimum absolute atomic E-state index is 0.101. The normalized spacial score (nSPS) is 10.4. The van der Waals surface area contributed by atoms with Gasteiger partial charge in [0.2, 0.25) is 0 Å². The monoisotopic (exact) mass is 376 g/mol. The van der Waals surface area contributed by atoms with Crippen molar-refractivity contribution >= 4 is 11.8 Å². The van der Waals surface area contributed by atoms with Gasteiger partial charge in [-0.15, -0.1) is 0 Å². The number of halogens is 2. The van der Waals surface area contributed by atoms with E-state index in [2.05, 4.69) is 10.6 Å². The highest BCUT2D eigenvalue weighted by atomic mass is 19.1. The van der Waals surface area contributed by atoms with Crippen molar-refractivity contribution in [1.29, 1.82) is 0 Å². The molecular formula is C20H22F2N2O3. The Hall–Kier alpha value is -2.96. The third-order valence-corrected chi connectivity index (χ3v) is 4.13. The first-order chi connectivity index (χ1) is 12.8. The van der Waals surface area contributed by atoms with Crippen LogP contribution in [0.2, 0.25) is 0 Å². The summed E-state index contributed by atoms with van der Waals surface area (Å²) in [6, 6.07) is 6.64. The van der Waals surface area contributed by atoms with Gasteiger partial charge in [-0.05, 0) is 49.6 Å². The first-order valence-electron chi connectivity index (χ1n) is 8.49. The highest BCUT2D eigenvalue weighted by molar-refractivity contribution is 5.94. The van der Waals surface area contributed by atoms with E-state index < -0.39 is 17.5 Å². The minimum Gasteiger partial charge on any atom is -0.483 e. The number of amides is 2. The van der Waals surface area contributed by atoms with Crippen LogP contribution in [0.1, 0.15) is 27.0 Å². The van der Waals surface area contributed by atoms with Gasteiger partial charge in [0.05, 0.1) is 5.56 Å². The lowest BCUT2D eigenvalue weighted by atomic mass is 10.1. The lowest BCUT2D eigenvalue weighted by molar-refractivity contribution is -0.123. The highest BCUT2D eigenvalue weighted by Crippen LogP contribution is 2.25. The largest absolute Gasteiger partial charge is 0.483 e. The molecule has 0 aliphatic heterocycles. The first kappa shape index (κ1) is 20.4. The van der Waals surface area contributed by atoms with Crippen LogP contribution in [0.5, 0.6) is 5.75 Å². The molecule has 0 bridgehead atoms. The van der Waals surface area contributed by atoms with E-state index in [4.69, 9.17) is 4.74 Å². The Morgan fingerprint density at radius 1 is 0.963 bits per heavy atom. The molecule has 2 amide bonds. The predicted molar refractivity (Wildman–Crippen MR) is 97.8 cm³/mol. The van der Waals surface area contributed by atoms with Gasteiger partial charge in [-0.1, -0.05) is 12.1 Å². The van der Waals surface area contributed by atoms with Crippen LogP contribution in [0.25, 0.3) is 0 Å². The van der Waals surface area contributed by atoms with Crippen molar-refractivity contribution in [1.82, 2.24) is 10.6 Å². The summed E-state index contributed by atoms with van der Waals surface area (Å²) >= 11 is 0. The Morgan fingerprint density at radius 2 is 1.63 bits per heavy atom. The summed E-state index contributed by atoms with van der Waals surface area (Å²) < 4.78 is 31.9. The van der Waals surface area contributed by atoms with Crippen LogP contribution in [0.3, 0.4) is 0 Å². The van der Waals surface area contributed by atoms with E-state index in [9.17, 15) is 18.4 Å². The second kappa shape index (κ2) is 9.12. The molecule has 0 saturated heterocycles. The molecule has 0 aromatic heterocycles. The Morgan fingerprint density at radius 3 is 2.33 bits per heavy atom. The van der Waals surface area contributed by atoms with E-state index in [1.807, 2.05) is 32.9 Å². The fourth-order valence-corrected chi connectivity index (χ4v) is 2.48. The van der Waals surface area contributed by atoms with E-state index >= 15 is 0 Å². The molecule has 27 heavy (non-hydrogen) atoms. The number of benzene rings is 2. The van der Waals surface area contributed by atoms with E-state index in [-0.39, 0.29) is 31.2 Å². The van der Waals surface area contributed by atoms with Gasteiger partial charge in [-0.25, -0.2) is 8.78 Å². The molecule has 0 radical (unpaired) electrons. The fourth-order valence-electron chi connectivity index (χ4n) is 2.48. The molecule has 0 aliphatic rings. The smallest absolute Gasteiger partial charge is 0.258 e. The van der Waals surface area contributed by atoms with Crippen molar-refractivity contribution in [3.8, 4) is 5.75 Å². The molecule has 2 aromatic rings. The number of ether oxygens (including phenoxy) is 1. The van der Waals surface area contributed by atoms with E-state index in [0.717, 1.165) is 28.8 Å². The van der Waals surface area contributed by atoms with Gasteiger partial charge in [-0.3, -0.25) is 9.59 Å². The number of hydrogen-bond acceptors (Lipinski definition) is 3. The van der Waals surface area contributed by atoms with Crippen molar-refractivity contribution in [2.24, 2.45) is 0 Å². The molecule has 7 heteroatoms. The topological polar surface area (TPSA) is 67.4 Å². The standard InChI is InChI=1S/C20H22F2N2O3/c1-12-4-5-13(2)19(14(12)3)27-11-18(25)23-8-9-24-20(26)16-7-6-15(21)10-17(16)22/h4-7,10H,8-9,11H2,1-3H3,(H,23,25)(H,24,26). The molecule has 5 nitrogen and oxygen atoms in total. The molecule has 0 heterocycles. The quantitative estimate of drug-likeness (QED) is 0.731. The van der Waals surface area contributed by atoms with Gasteiger partial charge in [0, 0.05) is 19.2 Å². The lowest BCUT2D eigenvalue weighted by Gasteiger charge is -2.14. The van der Waals surface area contributed by atoms with Crippen LogP contribution >= 0.6 is 0 Å². The van der Waals surface area contributed by atoms with E-state index in [1.54, 1.807) is 0 Å². The molecule has 0 aliphatic carbocycles. The summed E-state index contributed by atoms with van der Waals surface area (Å²) in [7, 11) is 0. The SMILES string of the molecule is Cc1ccc(C)c(OCC(=O)NCCNC(=O)c2ccc(F)cc2F)c1C. The number of aryl methyl sites for hydroxylation is 2. The van der Waals surface area contributed by atoms with Crippen molar-refractivity contribution in [3.63, 3.8) is 0 Å². The van der Waals surface area contributed by atoms with Gasteiger partial charge in [0.1, 0.15) is 17.4 Å². The van der Waals surface area contributed by atoms with Crippen LogP contribution in [-0.2, 0) is 4.79 Å². The van der Waals surface area contributed by atoms with Gasteiger partial charge in [-0.2, -0.15) is 0 Å². The molecule has 2 rings (SSSR count). The van der Waals surface area contributed by atoms with Crippen molar-refractivity contribution < 1.29 is 23.1 Å². The van der Waals surface area contributed by atoms with Crippen LogP contribution < -0.4 is 15.4 Å². The summed E-state index contributed by atoms with van der Waals surface area (Å²) in [6.45, 7) is 5.91. The van der Waals surface area contributed by atoms with E-state index in [0.29, 0.717) is 11.8 Å². The first-order valence-corrected chi connectivity index (χ1v) is 8.49. The third kappa shape index (κ3) is 5.51. The maximum absolute atomic E-state index is 13.5. The number of carbonyl (C=O) groups is 2. The maximum atomic E-state index is 13.5. The Balaban J connectivity index is 1.75. The zero-order chi connectivity index (χ0) is 20.0. The second-order valence-corrected chi connectivity index (χ2v) is 6.17. The van der Waals surface area contributed by atoms with Gasteiger partial charge in [0.25, 0.3) is 11.8 Å². The molecule has 0 saturated carbocycles. The van der Waals surface area contributed by atoms with Crippen molar-refractivity contribution in [2.45, 2.75) is 20.8 Å². The van der Waals surface area contributed by atoms with Crippen LogP contribution in [0.15, 0.2) is 30.3 Å². The van der Waals surface area contributed by atoms with Gasteiger partial charge < -0.3 is 15.4 Å². The molecule has 144 valence electrons. The molecule has 2 N–H and O–H groups in total. The summed E-state index contributed by atoms with van der Waals surface area (Å²) in [5.74, 6) is -2.02. The van der Waals surface area contributed by atoms with Gasteiger partial charge >= 0.3 is 0 Å². The molecule has 2 aromatic carbocycles. The van der Waals surface area contributed by atoms with Crippen LogP contribution in [-0.4, -0.2) is 31.5 Å². The third-order valence-electron chi connectivity index (χ3n) is 4.13. The Bertz CT molecular complexity index is 853.